The molecule has 0 amide bonds. The lowest BCUT2D eigenvalue weighted by atomic mass is 10.2. The Bertz CT molecular complexity index is 1760. The maximum Gasteiger partial charge on any atom is 0.308 e. The third-order valence-corrected chi connectivity index (χ3v) is 8.90. The molecule has 0 radical (unpaired) electrons. The summed E-state index contributed by atoms with van der Waals surface area (Å²) in [5.41, 5.74) is 2.12. The van der Waals surface area contributed by atoms with Crippen molar-refractivity contribution in [2.75, 3.05) is 14.2 Å². The number of benzene rings is 3. The fourth-order valence-electron chi connectivity index (χ4n) is 3.81. The lowest BCUT2D eigenvalue weighted by Crippen LogP contribution is -2.26. The first-order valence-corrected chi connectivity index (χ1v) is 13.7. The molecule has 0 atom stereocenters. The molecular formula is C25H21ClN4O5S2. The second-order valence-electron chi connectivity index (χ2n) is 8.18. The monoisotopic (exact) mass is 556 g/mol. The average Bonchev–Trinajstić information content (AvgIpc) is 3.49. The van der Waals surface area contributed by atoms with Gasteiger partial charge in [-0.1, -0.05) is 58.4 Å². The van der Waals surface area contributed by atoms with E-state index < -0.39 is 10.0 Å². The van der Waals surface area contributed by atoms with Crippen LogP contribution in [0.4, 0.5) is 0 Å². The fraction of sp³-hybridized carbons (Fsp3) is 0.160. The summed E-state index contributed by atoms with van der Waals surface area (Å²) in [7, 11) is -0.914. The number of methoxy groups -OCH3 is 1. The van der Waals surface area contributed by atoms with Crippen LogP contribution in [-0.2, 0) is 23.1 Å². The predicted octanol–water partition coefficient (Wildman–Crippen LogP) is 4.64. The highest BCUT2D eigenvalue weighted by molar-refractivity contribution is 7.89. The number of rotatable bonds is 8. The summed E-state index contributed by atoms with van der Waals surface area (Å²) in [6, 6.07) is 19.1. The van der Waals surface area contributed by atoms with Gasteiger partial charge in [-0.2, -0.15) is 9.29 Å². The Hall–Kier alpha value is -3.51. The van der Waals surface area contributed by atoms with E-state index >= 15 is 0 Å². The Balaban J connectivity index is 1.38. The Labute approximate surface area is 221 Å². The topological polar surface area (TPSA) is 108 Å². The van der Waals surface area contributed by atoms with Crippen LogP contribution in [0.3, 0.4) is 0 Å². The van der Waals surface area contributed by atoms with Crippen molar-refractivity contribution < 1.29 is 17.7 Å². The highest BCUT2D eigenvalue weighted by Crippen LogP contribution is 2.26. The second kappa shape index (κ2) is 10.1. The summed E-state index contributed by atoms with van der Waals surface area (Å²) in [6.07, 6.45) is 0. The van der Waals surface area contributed by atoms with Gasteiger partial charge in [-0.15, -0.1) is 0 Å². The molecule has 0 aliphatic carbocycles. The van der Waals surface area contributed by atoms with E-state index in [1.165, 1.54) is 19.2 Å². The molecule has 0 fully saturated rings. The first-order chi connectivity index (χ1) is 17.8. The number of ether oxygens (including phenoxy) is 1. The summed E-state index contributed by atoms with van der Waals surface area (Å²) < 4.78 is 40.4. The lowest BCUT2D eigenvalue weighted by molar-refractivity contribution is 0.337. The Morgan fingerprint density at radius 3 is 2.70 bits per heavy atom. The maximum absolute atomic E-state index is 13.3. The number of aromatic nitrogens is 3. The molecule has 37 heavy (non-hydrogen) atoms. The summed E-state index contributed by atoms with van der Waals surface area (Å²) in [5.74, 6) is 1.10. The first-order valence-electron chi connectivity index (χ1n) is 11.1. The zero-order valence-electron chi connectivity index (χ0n) is 19.8. The minimum atomic E-state index is -3.90. The van der Waals surface area contributed by atoms with E-state index in [0.717, 1.165) is 21.2 Å². The molecule has 0 aliphatic rings. The molecule has 5 aromatic rings. The van der Waals surface area contributed by atoms with Crippen LogP contribution in [0.1, 0.15) is 11.5 Å². The lowest BCUT2D eigenvalue weighted by Gasteiger charge is -2.15. The SMILES string of the molecule is COc1cccc(-c2noc(CN(C)S(=O)(=O)c3ccc4c(c3)sc(=O)n4Cc3ccccc3Cl)n2)c1. The van der Waals surface area contributed by atoms with Crippen LogP contribution in [-0.4, -0.2) is 41.6 Å². The number of sulfonamides is 1. The van der Waals surface area contributed by atoms with Gasteiger partial charge >= 0.3 is 4.87 Å². The van der Waals surface area contributed by atoms with Crippen LogP contribution in [0.5, 0.6) is 5.75 Å². The van der Waals surface area contributed by atoms with Crippen molar-refractivity contribution in [1.29, 1.82) is 0 Å². The third-order valence-electron chi connectivity index (χ3n) is 5.79. The van der Waals surface area contributed by atoms with Crippen molar-refractivity contribution in [3.63, 3.8) is 0 Å². The number of thiazole rings is 1. The minimum Gasteiger partial charge on any atom is -0.497 e. The van der Waals surface area contributed by atoms with E-state index in [1.54, 1.807) is 48.1 Å². The van der Waals surface area contributed by atoms with Crippen LogP contribution in [0.2, 0.25) is 5.02 Å². The molecule has 0 saturated carbocycles. The molecule has 0 bridgehead atoms. The van der Waals surface area contributed by atoms with Gasteiger partial charge in [0.1, 0.15) is 5.75 Å². The Morgan fingerprint density at radius 1 is 1.11 bits per heavy atom. The van der Waals surface area contributed by atoms with Gasteiger partial charge < -0.3 is 9.26 Å². The number of halogens is 1. The van der Waals surface area contributed by atoms with Gasteiger partial charge in [-0.05, 0) is 42.0 Å². The molecule has 2 aromatic heterocycles. The number of nitrogens with zero attached hydrogens (tertiary/aromatic N) is 4. The maximum atomic E-state index is 13.3. The number of hydrogen-bond acceptors (Lipinski definition) is 8. The molecule has 0 spiro atoms. The first kappa shape index (κ1) is 25.2. The molecule has 0 saturated heterocycles. The van der Waals surface area contributed by atoms with Gasteiger partial charge in [-0.25, -0.2) is 8.42 Å². The zero-order chi connectivity index (χ0) is 26.2. The molecule has 9 nitrogen and oxygen atoms in total. The van der Waals surface area contributed by atoms with Crippen LogP contribution in [0.15, 0.2) is 80.9 Å². The van der Waals surface area contributed by atoms with Crippen LogP contribution < -0.4 is 9.61 Å². The molecule has 12 heteroatoms. The van der Waals surface area contributed by atoms with E-state index in [2.05, 4.69) is 10.1 Å². The van der Waals surface area contributed by atoms with E-state index in [4.69, 9.17) is 20.9 Å². The van der Waals surface area contributed by atoms with Gasteiger partial charge in [0, 0.05) is 17.6 Å². The van der Waals surface area contributed by atoms with Crippen LogP contribution in [0.25, 0.3) is 21.6 Å². The van der Waals surface area contributed by atoms with E-state index in [-0.39, 0.29) is 28.7 Å². The number of fused-ring (bicyclic) bond motifs is 1. The van der Waals surface area contributed by atoms with E-state index in [1.807, 2.05) is 18.2 Å². The second-order valence-corrected chi connectivity index (χ2v) is 11.6. The summed E-state index contributed by atoms with van der Waals surface area (Å²) in [5, 5.41) is 4.52. The summed E-state index contributed by atoms with van der Waals surface area (Å²) >= 11 is 7.25. The molecule has 0 aliphatic heterocycles. The van der Waals surface area contributed by atoms with Crippen molar-refractivity contribution in [1.82, 2.24) is 19.0 Å². The van der Waals surface area contributed by atoms with Gasteiger partial charge in [-0.3, -0.25) is 9.36 Å². The normalized spacial score (nSPS) is 11.9. The molecule has 2 heterocycles. The van der Waals surface area contributed by atoms with Crippen LogP contribution in [0, 0.1) is 0 Å². The van der Waals surface area contributed by atoms with Gasteiger partial charge in [0.2, 0.25) is 21.7 Å². The summed E-state index contributed by atoms with van der Waals surface area (Å²) in [4.78, 5) is 16.9. The minimum absolute atomic E-state index is 0.0566. The zero-order valence-corrected chi connectivity index (χ0v) is 22.2. The standard InChI is InChI=1S/C25H21ClN4O5S2/c1-29(15-23-27-24(28-35-23)16-7-5-8-18(12-16)34-2)37(32,33)19-10-11-21-22(13-19)36-25(31)30(21)14-17-6-3-4-9-20(17)26/h3-13H,14-15H2,1-2H3. The Kier molecular flexibility index (Phi) is 6.86. The van der Waals surface area contributed by atoms with Crippen molar-refractivity contribution in [2.45, 2.75) is 18.0 Å². The molecule has 3 aromatic carbocycles. The smallest absolute Gasteiger partial charge is 0.308 e. The molecular weight excluding hydrogens is 536 g/mol. The predicted molar refractivity (Wildman–Crippen MR) is 142 cm³/mol. The van der Waals surface area contributed by atoms with Crippen LogP contribution >= 0.6 is 22.9 Å². The largest absolute Gasteiger partial charge is 0.497 e. The average molecular weight is 557 g/mol. The number of hydrogen-bond donors (Lipinski definition) is 0. The molecule has 0 unspecified atom stereocenters. The highest BCUT2D eigenvalue weighted by atomic mass is 35.5. The third kappa shape index (κ3) is 5.03. The Morgan fingerprint density at radius 2 is 1.92 bits per heavy atom. The van der Waals surface area contributed by atoms with Gasteiger partial charge in [0.25, 0.3) is 0 Å². The molecule has 0 N–H and O–H groups in total. The van der Waals surface area contributed by atoms with Crippen molar-refractivity contribution >= 4 is 43.2 Å². The van der Waals surface area contributed by atoms with Gasteiger partial charge in [0.05, 0.1) is 35.3 Å². The van der Waals surface area contributed by atoms with E-state index in [9.17, 15) is 13.2 Å². The van der Waals surface area contributed by atoms with Crippen molar-refractivity contribution in [2.24, 2.45) is 0 Å². The quantitative estimate of drug-likeness (QED) is 0.274. The van der Waals surface area contributed by atoms with Crippen molar-refractivity contribution in [3.8, 4) is 17.1 Å². The fourth-order valence-corrected chi connectivity index (χ4v) is 6.15. The summed E-state index contributed by atoms with van der Waals surface area (Å²) in [6.45, 7) is 0.165. The highest BCUT2D eigenvalue weighted by Gasteiger charge is 2.24. The molecule has 190 valence electrons. The molecule has 5 rings (SSSR count). The van der Waals surface area contributed by atoms with E-state index in [0.29, 0.717) is 32.4 Å². The van der Waals surface area contributed by atoms with Crippen molar-refractivity contribution in [3.05, 3.63) is 92.9 Å². The van der Waals surface area contributed by atoms with Gasteiger partial charge in [0.15, 0.2) is 0 Å².